The lowest BCUT2D eigenvalue weighted by Crippen LogP contribution is -1.89. The van der Waals surface area contributed by atoms with Crippen molar-refractivity contribution < 1.29 is 0 Å². The third kappa shape index (κ3) is 3.15. The molecule has 1 heterocycles. The van der Waals surface area contributed by atoms with Crippen LogP contribution in [0.2, 0.25) is 5.02 Å². The van der Waals surface area contributed by atoms with Crippen molar-refractivity contribution in [3.8, 4) is 0 Å². The van der Waals surface area contributed by atoms with Crippen LogP contribution in [0.3, 0.4) is 0 Å². The highest BCUT2D eigenvalue weighted by Gasteiger charge is 2.04. The number of hydrogen-bond acceptors (Lipinski definition) is 4. The van der Waals surface area contributed by atoms with E-state index in [1.807, 2.05) is 25.1 Å². The van der Waals surface area contributed by atoms with Crippen molar-refractivity contribution in [2.45, 2.75) is 25.2 Å². The lowest BCUT2D eigenvalue weighted by molar-refractivity contribution is 1.07. The van der Waals surface area contributed by atoms with Gasteiger partial charge >= 0.3 is 0 Å². The Morgan fingerprint density at radius 2 is 2.29 bits per heavy atom. The first-order chi connectivity index (χ1) is 8.20. The van der Waals surface area contributed by atoms with Crippen LogP contribution < -0.4 is 4.72 Å². The van der Waals surface area contributed by atoms with Crippen LogP contribution >= 0.6 is 34.9 Å². The lowest BCUT2D eigenvalue weighted by atomic mass is 10.2. The van der Waals surface area contributed by atoms with Crippen molar-refractivity contribution in [3.63, 3.8) is 0 Å². The molecule has 0 bridgehead atoms. The predicted octanol–water partition coefficient (Wildman–Crippen LogP) is 4.79. The minimum absolute atomic E-state index is 0.796. The van der Waals surface area contributed by atoms with E-state index in [4.69, 9.17) is 11.6 Å². The monoisotopic (exact) mass is 284 g/mol. The van der Waals surface area contributed by atoms with Gasteiger partial charge in [-0.25, -0.2) is 4.98 Å². The van der Waals surface area contributed by atoms with Crippen LogP contribution in [0.15, 0.2) is 28.5 Å². The van der Waals surface area contributed by atoms with E-state index >= 15 is 0 Å². The zero-order valence-electron chi connectivity index (χ0n) is 9.66. The number of nitrogens with zero attached hydrogens (tertiary/aromatic N) is 1. The van der Waals surface area contributed by atoms with Gasteiger partial charge in [-0.1, -0.05) is 24.6 Å². The van der Waals surface area contributed by atoms with Crippen LogP contribution in [0.5, 0.6) is 0 Å². The summed E-state index contributed by atoms with van der Waals surface area (Å²) in [5.74, 6) is 0. The van der Waals surface area contributed by atoms with E-state index in [1.54, 1.807) is 23.3 Å². The van der Waals surface area contributed by atoms with Crippen molar-refractivity contribution in [1.82, 2.24) is 4.98 Å². The smallest absolute Gasteiger partial charge is 0.193 e. The number of hydrogen-bond donors (Lipinski definition) is 1. The quantitative estimate of drug-likeness (QED) is 0.818. The second-order valence-corrected chi connectivity index (χ2v) is 5.68. The molecular weight excluding hydrogens is 272 g/mol. The molecule has 1 N–H and O–H groups in total. The normalized spacial score (nSPS) is 10.5. The van der Waals surface area contributed by atoms with Gasteiger partial charge in [-0.15, -0.1) is 11.3 Å². The number of halogens is 1. The molecule has 1 aromatic heterocycles. The molecule has 2 rings (SSSR count). The van der Waals surface area contributed by atoms with Crippen LogP contribution in [0, 0.1) is 6.92 Å². The minimum Gasteiger partial charge on any atom is -0.302 e. The molecule has 0 radical (unpaired) electrons. The van der Waals surface area contributed by atoms with Gasteiger partial charge in [0, 0.05) is 15.3 Å². The molecule has 0 unspecified atom stereocenters. The number of aryl methyl sites for hydroxylation is 1. The van der Waals surface area contributed by atoms with Gasteiger partial charge in [0.25, 0.3) is 0 Å². The van der Waals surface area contributed by atoms with Crippen LogP contribution in [-0.2, 0) is 6.42 Å². The lowest BCUT2D eigenvalue weighted by Gasteiger charge is -2.06. The van der Waals surface area contributed by atoms with Gasteiger partial charge in [-0.05, 0) is 43.0 Å². The molecule has 0 aliphatic heterocycles. The maximum absolute atomic E-state index is 6.07. The Bertz CT molecular complexity index is 511. The van der Waals surface area contributed by atoms with E-state index < -0.39 is 0 Å². The average molecular weight is 285 g/mol. The Morgan fingerprint density at radius 1 is 1.47 bits per heavy atom. The van der Waals surface area contributed by atoms with E-state index in [9.17, 15) is 0 Å². The molecule has 2 nitrogen and oxygen atoms in total. The number of thiazole rings is 1. The molecule has 0 aliphatic carbocycles. The molecule has 0 atom stereocenters. The molecule has 0 saturated carbocycles. The van der Waals surface area contributed by atoms with Crippen molar-refractivity contribution in [2.24, 2.45) is 0 Å². The highest BCUT2D eigenvalue weighted by Crippen LogP contribution is 2.29. The molecule has 0 amide bonds. The Labute approximate surface area is 115 Å². The molecule has 0 spiro atoms. The van der Waals surface area contributed by atoms with E-state index in [0.29, 0.717) is 0 Å². The average Bonchev–Trinajstić information content (AvgIpc) is 2.79. The Balaban J connectivity index is 2.04. The fraction of sp³-hybridized carbons (Fsp3) is 0.250. The zero-order chi connectivity index (χ0) is 12.3. The topological polar surface area (TPSA) is 24.9 Å². The van der Waals surface area contributed by atoms with E-state index in [1.165, 1.54) is 0 Å². The third-order valence-corrected chi connectivity index (χ3v) is 4.68. The summed E-state index contributed by atoms with van der Waals surface area (Å²) in [6.45, 7) is 4.12. The molecule has 17 heavy (non-hydrogen) atoms. The van der Waals surface area contributed by atoms with Gasteiger partial charge in [0.2, 0.25) is 0 Å². The van der Waals surface area contributed by atoms with Gasteiger partial charge < -0.3 is 4.72 Å². The first-order valence-electron chi connectivity index (χ1n) is 5.33. The molecule has 2 aromatic rings. The third-order valence-electron chi connectivity index (χ3n) is 2.38. The van der Waals surface area contributed by atoms with Crippen LogP contribution in [0.25, 0.3) is 0 Å². The van der Waals surface area contributed by atoms with Gasteiger partial charge in [0.1, 0.15) is 0 Å². The molecule has 0 fully saturated rings. The van der Waals surface area contributed by atoms with Crippen molar-refractivity contribution in [3.05, 3.63) is 39.9 Å². The van der Waals surface area contributed by atoms with Crippen LogP contribution in [0.4, 0.5) is 5.13 Å². The summed E-state index contributed by atoms with van der Waals surface area (Å²) in [5.41, 5.74) is 2.22. The number of aromatic nitrogens is 1. The van der Waals surface area contributed by atoms with Crippen molar-refractivity contribution in [2.75, 3.05) is 4.72 Å². The zero-order valence-corrected chi connectivity index (χ0v) is 12.0. The predicted molar refractivity (Wildman–Crippen MR) is 77.2 cm³/mol. The maximum Gasteiger partial charge on any atom is 0.193 e. The molecule has 0 saturated heterocycles. The molecular formula is C12H13ClN2S2. The summed E-state index contributed by atoms with van der Waals surface area (Å²) >= 11 is 9.25. The molecule has 0 aliphatic rings. The number of benzene rings is 1. The number of anilines is 1. The summed E-state index contributed by atoms with van der Waals surface area (Å²) in [6, 6.07) is 5.91. The van der Waals surface area contributed by atoms with Crippen LogP contribution in [0.1, 0.15) is 18.2 Å². The van der Waals surface area contributed by atoms with Gasteiger partial charge in [0.05, 0.1) is 5.69 Å². The second kappa shape index (κ2) is 5.76. The summed E-state index contributed by atoms with van der Waals surface area (Å²) < 4.78 is 3.25. The first-order valence-corrected chi connectivity index (χ1v) is 7.40. The fourth-order valence-corrected chi connectivity index (χ4v) is 3.15. The van der Waals surface area contributed by atoms with E-state index in [0.717, 1.165) is 32.7 Å². The van der Waals surface area contributed by atoms with Crippen molar-refractivity contribution in [1.29, 1.82) is 0 Å². The first kappa shape index (κ1) is 12.7. The van der Waals surface area contributed by atoms with E-state index in [-0.39, 0.29) is 0 Å². The highest BCUT2D eigenvalue weighted by molar-refractivity contribution is 8.00. The number of rotatable bonds is 4. The summed E-state index contributed by atoms with van der Waals surface area (Å²) in [4.78, 5) is 5.58. The van der Waals surface area contributed by atoms with Gasteiger partial charge in [-0.3, -0.25) is 0 Å². The summed E-state index contributed by atoms with van der Waals surface area (Å²) in [6.07, 6.45) is 0.971. The fourth-order valence-electron chi connectivity index (χ4n) is 1.31. The summed E-state index contributed by atoms with van der Waals surface area (Å²) in [5, 5.41) is 3.81. The van der Waals surface area contributed by atoms with Crippen LogP contribution in [-0.4, -0.2) is 4.98 Å². The van der Waals surface area contributed by atoms with E-state index in [2.05, 4.69) is 22.0 Å². The Hall–Kier alpha value is -0.710. The largest absolute Gasteiger partial charge is 0.302 e. The van der Waals surface area contributed by atoms with Gasteiger partial charge in [-0.2, -0.15) is 0 Å². The standard InChI is InChI=1S/C12H13ClN2S2/c1-3-9-7-16-12(14-9)15-17-11-6-4-5-10(13)8(11)2/h4-7H,3H2,1-2H3,(H,14,15). The molecule has 5 heteroatoms. The summed E-state index contributed by atoms with van der Waals surface area (Å²) in [7, 11) is 0. The second-order valence-electron chi connectivity index (χ2n) is 3.56. The maximum atomic E-state index is 6.07. The Kier molecular flexibility index (Phi) is 4.31. The number of nitrogens with one attached hydrogen (secondary N) is 1. The minimum atomic E-state index is 0.796. The SMILES string of the molecule is CCc1csc(NSc2cccc(Cl)c2C)n1. The molecule has 90 valence electrons. The molecule has 1 aromatic carbocycles. The van der Waals surface area contributed by atoms with Crippen molar-refractivity contribution >= 4 is 40.0 Å². The van der Waals surface area contributed by atoms with Gasteiger partial charge in [0.15, 0.2) is 5.13 Å². The Morgan fingerprint density at radius 3 is 3.00 bits per heavy atom. The highest BCUT2D eigenvalue weighted by atomic mass is 35.5.